The fourth-order valence-corrected chi connectivity index (χ4v) is 1.99. The molecule has 0 radical (unpaired) electrons. The molecule has 1 aliphatic carbocycles. The van der Waals surface area contributed by atoms with Crippen molar-refractivity contribution in [1.29, 1.82) is 0 Å². The van der Waals surface area contributed by atoms with Gasteiger partial charge in [-0.25, -0.2) is 9.18 Å². The topological polar surface area (TPSA) is 96.2 Å². The van der Waals surface area contributed by atoms with Crippen molar-refractivity contribution in [3.8, 4) is 0 Å². The van der Waals surface area contributed by atoms with Crippen molar-refractivity contribution < 1.29 is 14.0 Å². The molecule has 0 aromatic heterocycles. The first kappa shape index (κ1) is 16.2. The van der Waals surface area contributed by atoms with Gasteiger partial charge < -0.3 is 21.7 Å². The third kappa shape index (κ3) is 5.69. The summed E-state index contributed by atoms with van der Waals surface area (Å²) < 4.78 is 12.7. The van der Waals surface area contributed by atoms with Gasteiger partial charge in [-0.1, -0.05) is 12.1 Å². The number of urea groups is 1. The van der Waals surface area contributed by atoms with Gasteiger partial charge in [0.2, 0.25) is 5.91 Å². The number of benzene rings is 1. The van der Waals surface area contributed by atoms with Gasteiger partial charge in [-0.05, 0) is 36.5 Å². The quantitative estimate of drug-likeness (QED) is 0.590. The first-order valence-electron chi connectivity index (χ1n) is 7.33. The Hall–Kier alpha value is -2.15. The molecule has 0 aliphatic heterocycles. The second-order valence-corrected chi connectivity index (χ2v) is 5.47. The van der Waals surface area contributed by atoms with Crippen LogP contribution in [-0.2, 0) is 11.3 Å². The van der Waals surface area contributed by atoms with Crippen molar-refractivity contribution in [2.45, 2.75) is 25.4 Å². The molecule has 1 aliphatic rings. The van der Waals surface area contributed by atoms with E-state index < -0.39 is 6.03 Å². The molecule has 0 spiro atoms. The molecule has 0 heterocycles. The van der Waals surface area contributed by atoms with E-state index in [0.29, 0.717) is 12.5 Å². The molecule has 1 unspecified atom stereocenters. The molecule has 7 heteroatoms. The number of carbonyl (C=O) groups is 2. The Balaban J connectivity index is 1.58. The SMILES string of the molecule is NC(CNC(=O)CNC(=O)NCc1ccc(F)cc1)C1CC1. The smallest absolute Gasteiger partial charge is 0.315 e. The summed E-state index contributed by atoms with van der Waals surface area (Å²) >= 11 is 0. The number of amides is 3. The van der Waals surface area contributed by atoms with Crippen LogP contribution in [0, 0.1) is 11.7 Å². The summed E-state index contributed by atoms with van der Waals surface area (Å²) in [4.78, 5) is 23.1. The maximum atomic E-state index is 12.7. The van der Waals surface area contributed by atoms with Crippen LogP contribution in [0.25, 0.3) is 0 Å². The number of hydrogen-bond donors (Lipinski definition) is 4. The molecule has 1 fully saturated rings. The van der Waals surface area contributed by atoms with Crippen molar-refractivity contribution in [2.75, 3.05) is 13.1 Å². The molecule has 1 aromatic rings. The predicted octanol–water partition coefficient (Wildman–Crippen LogP) is 0.478. The van der Waals surface area contributed by atoms with E-state index >= 15 is 0 Å². The van der Waals surface area contributed by atoms with E-state index in [4.69, 9.17) is 5.73 Å². The molecule has 120 valence electrons. The monoisotopic (exact) mass is 308 g/mol. The zero-order valence-corrected chi connectivity index (χ0v) is 12.3. The zero-order valence-electron chi connectivity index (χ0n) is 12.3. The summed E-state index contributed by atoms with van der Waals surface area (Å²) in [5, 5.41) is 7.74. The van der Waals surface area contributed by atoms with Crippen LogP contribution in [0.5, 0.6) is 0 Å². The number of nitrogens with one attached hydrogen (secondary N) is 3. The lowest BCUT2D eigenvalue weighted by molar-refractivity contribution is -0.120. The van der Waals surface area contributed by atoms with Crippen molar-refractivity contribution in [1.82, 2.24) is 16.0 Å². The summed E-state index contributed by atoms with van der Waals surface area (Å²) in [6, 6.07) is 5.36. The molecule has 6 nitrogen and oxygen atoms in total. The fourth-order valence-electron chi connectivity index (χ4n) is 1.99. The Morgan fingerprint density at radius 1 is 1.18 bits per heavy atom. The molecule has 5 N–H and O–H groups in total. The van der Waals surface area contributed by atoms with Crippen molar-refractivity contribution >= 4 is 11.9 Å². The Labute approximate surface area is 128 Å². The number of nitrogens with two attached hydrogens (primary N) is 1. The van der Waals surface area contributed by atoms with Gasteiger partial charge in [0.1, 0.15) is 5.82 Å². The standard InChI is InChI=1S/C15H21FN4O2/c16-12-5-1-10(2-6-12)7-19-15(22)20-9-14(21)18-8-13(17)11-3-4-11/h1-2,5-6,11,13H,3-4,7-9,17H2,(H,18,21)(H2,19,20,22). The van der Waals surface area contributed by atoms with Crippen molar-refractivity contribution in [3.63, 3.8) is 0 Å². The highest BCUT2D eigenvalue weighted by Crippen LogP contribution is 2.31. The van der Waals surface area contributed by atoms with E-state index in [-0.39, 0.29) is 30.9 Å². The summed E-state index contributed by atoms with van der Waals surface area (Å²) in [5.41, 5.74) is 6.64. The van der Waals surface area contributed by atoms with Gasteiger partial charge in [0.15, 0.2) is 0 Å². The normalized spacial score (nSPS) is 15.0. The van der Waals surface area contributed by atoms with Gasteiger partial charge in [-0.2, -0.15) is 0 Å². The van der Waals surface area contributed by atoms with Gasteiger partial charge in [0, 0.05) is 19.1 Å². The second kappa shape index (κ2) is 7.74. The van der Waals surface area contributed by atoms with Gasteiger partial charge in [0.05, 0.1) is 6.54 Å². The van der Waals surface area contributed by atoms with Crippen LogP contribution in [0.15, 0.2) is 24.3 Å². The van der Waals surface area contributed by atoms with E-state index in [1.165, 1.54) is 12.1 Å². The molecule has 2 rings (SSSR count). The van der Waals surface area contributed by atoms with E-state index in [2.05, 4.69) is 16.0 Å². The molecule has 22 heavy (non-hydrogen) atoms. The van der Waals surface area contributed by atoms with E-state index in [1.807, 2.05) is 0 Å². The molecular weight excluding hydrogens is 287 g/mol. The van der Waals surface area contributed by atoms with Crippen LogP contribution in [0.4, 0.5) is 9.18 Å². The molecule has 3 amide bonds. The summed E-state index contributed by atoms with van der Waals surface area (Å²) in [6.45, 7) is 0.593. The highest BCUT2D eigenvalue weighted by atomic mass is 19.1. The minimum absolute atomic E-state index is 0.00347. The summed E-state index contributed by atoms with van der Waals surface area (Å²) in [6.07, 6.45) is 2.25. The third-order valence-electron chi connectivity index (χ3n) is 3.54. The Kier molecular flexibility index (Phi) is 5.71. The minimum atomic E-state index is -0.453. The molecule has 0 saturated heterocycles. The van der Waals surface area contributed by atoms with Crippen molar-refractivity contribution in [3.05, 3.63) is 35.6 Å². The van der Waals surface area contributed by atoms with Crippen LogP contribution < -0.4 is 21.7 Å². The molecule has 1 atom stereocenters. The van der Waals surface area contributed by atoms with Gasteiger partial charge >= 0.3 is 6.03 Å². The van der Waals surface area contributed by atoms with Crippen LogP contribution in [0.2, 0.25) is 0 Å². The second-order valence-electron chi connectivity index (χ2n) is 5.47. The highest BCUT2D eigenvalue weighted by molar-refractivity contribution is 5.83. The first-order chi connectivity index (χ1) is 10.5. The fraction of sp³-hybridized carbons (Fsp3) is 0.467. The van der Waals surface area contributed by atoms with E-state index in [9.17, 15) is 14.0 Å². The van der Waals surface area contributed by atoms with Gasteiger partial charge in [-0.15, -0.1) is 0 Å². The number of rotatable bonds is 7. The molecule has 0 bridgehead atoms. The van der Waals surface area contributed by atoms with Crippen LogP contribution in [0.3, 0.4) is 0 Å². The lowest BCUT2D eigenvalue weighted by Crippen LogP contribution is -2.45. The van der Waals surface area contributed by atoms with Crippen LogP contribution >= 0.6 is 0 Å². The van der Waals surface area contributed by atoms with Gasteiger partial charge in [0.25, 0.3) is 0 Å². The summed E-state index contributed by atoms with van der Waals surface area (Å²) in [7, 11) is 0. The Morgan fingerprint density at radius 3 is 2.50 bits per heavy atom. The molecule has 1 saturated carbocycles. The summed E-state index contributed by atoms with van der Waals surface area (Å²) in [5.74, 6) is -0.0745. The number of carbonyl (C=O) groups excluding carboxylic acids is 2. The average molecular weight is 308 g/mol. The lowest BCUT2D eigenvalue weighted by atomic mass is 10.2. The zero-order chi connectivity index (χ0) is 15.9. The average Bonchev–Trinajstić information content (AvgIpc) is 3.35. The largest absolute Gasteiger partial charge is 0.353 e. The highest BCUT2D eigenvalue weighted by Gasteiger charge is 2.28. The lowest BCUT2D eigenvalue weighted by Gasteiger charge is -2.12. The maximum Gasteiger partial charge on any atom is 0.315 e. The van der Waals surface area contributed by atoms with Crippen LogP contribution in [-0.4, -0.2) is 31.1 Å². The maximum absolute atomic E-state index is 12.7. The van der Waals surface area contributed by atoms with E-state index in [0.717, 1.165) is 18.4 Å². The minimum Gasteiger partial charge on any atom is -0.353 e. The van der Waals surface area contributed by atoms with E-state index in [1.54, 1.807) is 12.1 Å². The Bertz CT molecular complexity index is 517. The molecular formula is C15H21FN4O2. The van der Waals surface area contributed by atoms with Crippen LogP contribution in [0.1, 0.15) is 18.4 Å². The molecule has 1 aromatic carbocycles. The third-order valence-corrected chi connectivity index (χ3v) is 3.54. The van der Waals surface area contributed by atoms with Crippen molar-refractivity contribution in [2.24, 2.45) is 11.7 Å². The van der Waals surface area contributed by atoms with Gasteiger partial charge in [-0.3, -0.25) is 4.79 Å². The first-order valence-corrected chi connectivity index (χ1v) is 7.33. The predicted molar refractivity (Wildman–Crippen MR) is 80.3 cm³/mol. The number of hydrogen-bond acceptors (Lipinski definition) is 3. The number of halogens is 1. The Morgan fingerprint density at radius 2 is 1.86 bits per heavy atom.